The molecule has 4 heterocycles. The van der Waals surface area contributed by atoms with Crippen molar-refractivity contribution in [2.75, 3.05) is 55.5 Å². The smallest absolute Gasteiger partial charge is 0.296 e. The first-order valence-corrected chi connectivity index (χ1v) is 13.4. The van der Waals surface area contributed by atoms with Gasteiger partial charge in [-0.25, -0.2) is 22.2 Å². The Hall–Kier alpha value is -3.59. The van der Waals surface area contributed by atoms with Crippen LogP contribution in [0.2, 0.25) is 0 Å². The number of rotatable bonds is 9. The number of aromatic nitrogens is 5. The molecule has 0 atom stereocenters. The molecule has 0 unspecified atom stereocenters. The fourth-order valence-corrected chi connectivity index (χ4v) is 5.30. The van der Waals surface area contributed by atoms with Crippen LogP contribution in [-0.2, 0) is 14.8 Å². The Morgan fingerprint density at radius 2 is 1.81 bits per heavy atom. The van der Waals surface area contributed by atoms with Crippen molar-refractivity contribution in [3.63, 3.8) is 0 Å². The van der Waals surface area contributed by atoms with Crippen LogP contribution in [0.15, 0.2) is 30.1 Å². The number of nitrogens with one attached hydrogen (secondary N) is 1. The zero-order chi connectivity index (χ0) is 26.2. The van der Waals surface area contributed by atoms with Crippen LogP contribution in [0, 0.1) is 0 Å². The topological polar surface area (TPSA) is 128 Å². The molecule has 198 valence electrons. The number of para-hydroxylation sites is 1. The van der Waals surface area contributed by atoms with Crippen LogP contribution >= 0.6 is 0 Å². The van der Waals surface area contributed by atoms with E-state index in [-0.39, 0.29) is 29.7 Å². The minimum Gasteiger partial charge on any atom is -0.494 e. The Balaban J connectivity index is 1.60. The number of benzene rings is 1. The molecule has 37 heavy (non-hydrogen) atoms. The van der Waals surface area contributed by atoms with Crippen molar-refractivity contribution in [1.82, 2.24) is 29.2 Å². The van der Waals surface area contributed by atoms with Gasteiger partial charge in [-0.1, -0.05) is 13.0 Å². The lowest BCUT2D eigenvalue weighted by Crippen LogP contribution is -2.41. The fraction of sp³-hybridized carbons (Fsp3) is 0.455. The average molecular weight is 537 g/mol. The third-order valence-electron chi connectivity index (χ3n) is 5.85. The van der Waals surface area contributed by atoms with Crippen molar-refractivity contribution in [2.24, 2.45) is 0 Å². The average Bonchev–Trinajstić information content (AvgIpc) is 3.26. The first-order chi connectivity index (χ1) is 17.8. The summed E-state index contributed by atoms with van der Waals surface area (Å²) in [5.41, 5.74) is 1.09. The predicted octanol–water partition coefficient (Wildman–Crippen LogP) is 1.98. The summed E-state index contributed by atoms with van der Waals surface area (Å²) in [6.07, 6.45) is -0.853. The summed E-state index contributed by atoms with van der Waals surface area (Å²) in [4.78, 5) is 21.2. The largest absolute Gasteiger partial charge is 0.494 e. The summed E-state index contributed by atoms with van der Waals surface area (Å²) in [6, 6.07) is 4.95. The van der Waals surface area contributed by atoms with E-state index in [1.807, 2.05) is 4.90 Å². The SMILES string of the molecule is CCCS(=O)(=O)NC1=CN(c2nc(N3CCOCC3)nc(-n3c(C(F)F)nc4c(OC)cccc43)n2)C1. The molecule has 2 aromatic heterocycles. The zero-order valence-electron chi connectivity index (χ0n) is 20.3. The van der Waals surface area contributed by atoms with Crippen molar-refractivity contribution in [2.45, 2.75) is 19.8 Å². The van der Waals surface area contributed by atoms with Gasteiger partial charge in [0.1, 0.15) is 11.3 Å². The van der Waals surface area contributed by atoms with Crippen molar-refractivity contribution in [3.8, 4) is 11.7 Å². The molecule has 2 aliphatic rings. The molecule has 1 N–H and O–H groups in total. The number of sulfonamides is 1. The molecule has 15 heteroatoms. The number of anilines is 2. The van der Waals surface area contributed by atoms with Crippen molar-refractivity contribution in [3.05, 3.63) is 35.9 Å². The second kappa shape index (κ2) is 10.0. The van der Waals surface area contributed by atoms with Crippen molar-refractivity contribution in [1.29, 1.82) is 0 Å². The van der Waals surface area contributed by atoms with Gasteiger partial charge in [0.25, 0.3) is 6.43 Å². The molecular formula is C22H26F2N8O4S. The maximum Gasteiger partial charge on any atom is 0.296 e. The van der Waals surface area contributed by atoms with Crippen molar-refractivity contribution < 1.29 is 26.7 Å². The number of alkyl halides is 2. The quantitative estimate of drug-likeness (QED) is 0.434. The number of imidazole rings is 1. The second-order valence-electron chi connectivity index (χ2n) is 8.47. The summed E-state index contributed by atoms with van der Waals surface area (Å²) in [6.45, 7) is 3.95. The van der Waals surface area contributed by atoms with E-state index in [1.165, 1.54) is 11.7 Å². The van der Waals surface area contributed by atoms with E-state index >= 15 is 0 Å². The molecule has 0 spiro atoms. The van der Waals surface area contributed by atoms with Gasteiger partial charge in [0.2, 0.25) is 27.9 Å². The first-order valence-electron chi connectivity index (χ1n) is 11.7. The Morgan fingerprint density at radius 3 is 2.49 bits per heavy atom. The van der Waals surface area contributed by atoms with Gasteiger partial charge in [0, 0.05) is 19.3 Å². The van der Waals surface area contributed by atoms with Gasteiger partial charge in [-0.15, -0.1) is 0 Å². The maximum atomic E-state index is 14.1. The number of morpholine rings is 1. The molecule has 1 aromatic carbocycles. The lowest BCUT2D eigenvalue weighted by atomic mass is 10.3. The third-order valence-corrected chi connectivity index (χ3v) is 7.37. The van der Waals surface area contributed by atoms with E-state index in [4.69, 9.17) is 9.47 Å². The minimum atomic E-state index is -3.44. The molecule has 0 bridgehead atoms. The first kappa shape index (κ1) is 25.1. The normalized spacial score (nSPS) is 16.2. The van der Waals surface area contributed by atoms with Gasteiger partial charge >= 0.3 is 0 Å². The van der Waals surface area contributed by atoms with E-state index in [9.17, 15) is 17.2 Å². The minimum absolute atomic E-state index is 0.00892. The standard InChI is InChI=1S/C22H26F2N8O4S/c1-3-11-37(33,34)29-14-12-31(13-14)21-26-20(30-7-9-36-10-8-30)27-22(28-21)32-15-5-4-6-16(35-2)17(15)25-19(32)18(23)24/h4-6,12,18,29H,3,7-11,13H2,1-2H3. The lowest BCUT2D eigenvalue weighted by molar-refractivity contribution is 0.122. The van der Waals surface area contributed by atoms with Gasteiger partial charge in [-0.3, -0.25) is 9.29 Å². The van der Waals surface area contributed by atoms with Crippen LogP contribution in [-0.4, -0.2) is 78.6 Å². The molecule has 0 amide bonds. The molecule has 12 nitrogen and oxygen atoms in total. The maximum absolute atomic E-state index is 14.1. The van der Waals surface area contributed by atoms with Gasteiger partial charge in [0.15, 0.2) is 5.82 Å². The number of ether oxygens (including phenoxy) is 2. The molecule has 0 saturated carbocycles. The third kappa shape index (κ3) is 5.00. The highest BCUT2D eigenvalue weighted by molar-refractivity contribution is 7.89. The van der Waals surface area contributed by atoms with E-state index in [2.05, 4.69) is 24.7 Å². The van der Waals surface area contributed by atoms with Crippen LogP contribution in [0.3, 0.4) is 0 Å². The highest BCUT2D eigenvalue weighted by atomic mass is 32.2. The number of hydrogen-bond acceptors (Lipinski definition) is 10. The molecule has 1 saturated heterocycles. The second-order valence-corrected chi connectivity index (χ2v) is 10.3. The number of methoxy groups -OCH3 is 1. The molecule has 0 aliphatic carbocycles. The molecule has 2 aliphatic heterocycles. The van der Waals surface area contributed by atoms with E-state index in [0.717, 1.165) is 0 Å². The molecule has 1 fully saturated rings. The van der Waals surface area contributed by atoms with Gasteiger partial charge in [-0.2, -0.15) is 15.0 Å². The number of hydrogen-bond donors (Lipinski definition) is 1. The van der Waals surface area contributed by atoms with Crippen LogP contribution in [0.4, 0.5) is 20.7 Å². The highest BCUT2D eigenvalue weighted by Gasteiger charge is 2.29. The molecule has 5 rings (SSSR count). The van der Waals surface area contributed by atoms with Crippen LogP contribution in [0.1, 0.15) is 25.6 Å². The predicted molar refractivity (Wildman–Crippen MR) is 132 cm³/mol. The number of nitrogens with zero attached hydrogens (tertiary/aromatic N) is 7. The molecular weight excluding hydrogens is 510 g/mol. The number of fused-ring (bicyclic) bond motifs is 1. The van der Waals surface area contributed by atoms with Crippen molar-refractivity contribution >= 4 is 33.0 Å². The summed E-state index contributed by atoms with van der Waals surface area (Å²) in [7, 11) is -2.00. The Labute approximate surface area is 212 Å². The Kier molecular flexibility index (Phi) is 6.81. The lowest BCUT2D eigenvalue weighted by Gasteiger charge is -2.31. The van der Waals surface area contributed by atoms with Gasteiger partial charge in [0.05, 0.1) is 43.8 Å². The van der Waals surface area contributed by atoms with Crippen LogP contribution in [0.5, 0.6) is 5.75 Å². The molecule has 3 aromatic rings. The summed E-state index contributed by atoms with van der Waals surface area (Å²) in [5.74, 6) is 0.268. The Morgan fingerprint density at radius 1 is 1.11 bits per heavy atom. The van der Waals surface area contributed by atoms with E-state index < -0.39 is 22.3 Å². The fourth-order valence-electron chi connectivity index (χ4n) is 4.14. The monoisotopic (exact) mass is 536 g/mol. The van der Waals surface area contributed by atoms with Crippen LogP contribution < -0.4 is 19.3 Å². The van der Waals surface area contributed by atoms with Gasteiger partial charge in [-0.05, 0) is 18.6 Å². The summed E-state index contributed by atoms with van der Waals surface area (Å²) >= 11 is 0. The zero-order valence-corrected chi connectivity index (χ0v) is 21.1. The summed E-state index contributed by atoms with van der Waals surface area (Å²) in [5, 5.41) is 0. The number of halogens is 2. The Bertz CT molecular complexity index is 1440. The highest BCUT2D eigenvalue weighted by Crippen LogP contribution is 2.33. The van der Waals surface area contributed by atoms with Crippen LogP contribution in [0.25, 0.3) is 17.0 Å². The molecule has 0 radical (unpaired) electrons. The van der Waals surface area contributed by atoms with E-state index in [1.54, 1.807) is 36.2 Å². The summed E-state index contributed by atoms with van der Waals surface area (Å²) < 4.78 is 67.0. The van der Waals surface area contributed by atoms with E-state index in [0.29, 0.717) is 55.6 Å². The van der Waals surface area contributed by atoms with Gasteiger partial charge < -0.3 is 19.3 Å².